The van der Waals surface area contributed by atoms with Crippen molar-refractivity contribution in [1.82, 2.24) is 15.1 Å². The zero-order valence-corrected chi connectivity index (χ0v) is 14.7. The third-order valence-corrected chi connectivity index (χ3v) is 4.66. The van der Waals surface area contributed by atoms with E-state index in [1.54, 1.807) is 19.3 Å². The number of amides is 1. The zero-order valence-electron chi connectivity index (χ0n) is 14.7. The SMILES string of the molecule is Cc1cccc(CNC(=O)[C@H]2CCCN(c3cnn(C)c(=O)c3)C2)c1. The molecule has 1 aromatic heterocycles. The third kappa shape index (κ3) is 4.26. The Kier molecular flexibility index (Phi) is 5.16. The van der Waals surface area contributed by atoms with Gasteiger partial charge in [0.25, 0.3) is 5.56 Å². The van der Waals surface area contributed by atoms with Crippen molar-refractivity contribution < 1.29 is 4.79 Å². The number of anilines is 1. The second kappa shape index (κ2) is 7.51. The summed E-state index contributed by atoms with van der Waals surface area (Å²) in [6.45, 7) is 4.05. The highest BCUT2D eigenvalue weighted by molar-refractivity contribution is 5.79. The van der Waals surface area contributed by atoms with Crippen molar-refractivity contribution in [2.45, 2.75) is 26.3 Å². The van der Waals surface area contributed by atoms with E-state index >= 15 is 0 Å². The van der Waals surface area contributed by atoms with E-state index in [0.717, 1.165) is 30.6 Å². The van der Waals surface area contributed by atoms with Crippen LogP contribution in [0.2, 0.25) is 0 Å². The molecule has 0 saturated carbocycles. The van der Waals surface area contributed by atoms with Gasteiger partial charge in [-0.05, 0) is 25.3 Å². The second-order valence-electron chi connectivity index (χ2n) is 6.67. The maximum absolute atomic E-state index is 12.5. The van der Waals surface area contributed by atoms with Gasteiger partial charge in [-0.15, -0.1) is 0 Å². The molecule has 0 radical (unpaired) electrons. The molecule has 6 heteroatoms. The lowest BCUT2D eigenvalue weighted by atomic mass is 9.96. The number of rotatable bonds is 4. The number of carbonyl (C=O) groups is 1. The van der Waals surface area contributed by atoms with Crippen molar-refractivity contribution >= 4 is 11.6 Å². The average Bonchev–Trinajstić information content (AvgIpc) is 2.62. The fourth-order valence-electron chi connectivity index (χ4n) is 3.21. The molecule has 3 rings (SSSR count). The van der Waals surface area contributed by atoms with Crippen molar-refractivity contribution in [2.75, 3.05) is 18.0 Å². The lowest BCUT2D eigenvalue weighted by molar-refractivity contribution is -0.125. The number of aryl methyl sites for hydroxylation is 2. The van der Waals surface area contributed by atoms with Crippen LogP contribution in [0.3, 0.4) is 0 Å². The Labute approximate surface area is 147 Å². The highest BCUT2D eigenvalue weighted by Gasteiger charge is 2.26. The summed E-state index contributed by atoms with van der Waals surface area (Å²) in [5, 5.41) is 7.11. The van der Waals surface area contributed by atoms with E-state index in [0.29, 0.717) is 13.1 Å². The van der Waals surface area contributed by atoms with Crippen LogP contribution in [0.1, 0.15) is 24.0 Å². The summed E-state index contributed by atoms with van der Waals surface area (Å²) in [6.07, 6.45) is 3.49. The van der Waals surface area contributed by atoms with Crippen LogP contribution in [-0.4, -0.2) is 28.8 Å². The van der Waals surface area contributed by atoms with Gasteiger partial charge in [-0.2, -0.15) is 5.10 Å². The van der Waals surface area contributed by atoms with Crippen molar-refractivity contribution in [1.29, 1.82) is 0 Å². The Bertz CT molecular complexity index is 815. The van der Waals surface area contributed by atoms with Crippen LogP contribution in [0.25, 0.3) is 0 Å². The molecule has 0 aliphatic carbocycles. The Morgan fingerprint density at radius 2 is 2.20 bits per heavy atom. The fourth-order valence-corrected chi connectivity index (χ4v) is 3.21. The van der Waals surface area contributed by atoms with Crippen LogP contribution >= 0.6 is 0 Å². The second-order valence-corrected chi connectivity index (χ2v) is 6.67. The maximum Gasteiger partial charge on any atom is 0.268 e. The lowest BCUT2D eigenvalue weighted by Gasteiger charge is -2.33. The highest BCUT2D eigenvalue weighted by Crippen LogP contribution is 2.21. The summed E-state index contributed by atoms with van der Waals surface area (Å²) in [5.74, 6) is 0.00520. The standard InChI is InChI=1S/C19H24N4O2/c1-14-5-3-6-15(9-14)11-20-19(25)16-7-4-8-23(13-16)17-10-18(24)22(2)21-12-17/h3,5-6,9-10,12,16H,4,7-8,11,13H2,1-2H3,(H,20,25)/t16-/m0/s1. The molecule has 1 aliphatic rings. The molecule has 25 heavy (non-hydrogen) atoms. The van der Waals surface area contributed by atoms with Gasteiger partial charge >= 0.3 is 0 Å². The van der Waals surface area contributed by atoms with Gasteiger partial charge in [-0.3, -0.25) is 9.59 Å². The molecule has 0 unspecified atom stereocenters. The summed E-state index contributed by atoms with van der Waals surface area (Å²) in [4.78, 5) is 26.4. The third-order valence-electron chi connectivity index (χ3n) is 4.66. The van der Waals surface area contributed by atoms with E-state index in [2.05, 4.69) is 21.4 Å². The number of nitrogens with one attached hydrogen (secondary N) is 1. The van der Waals surface area contributed by atoms with E-state index in [9.17, 15) is 9.59 Å². The number of aromatic nitrogens is 2. The van der Waals surface area contributed by atoms with Gasteiger partial charge in [0.1, 0.15) is 0 Å². The molecule has 1 N–H and O–H groups in total. The van der Waals surface area contributed by atoms with Crippen molar-refractivity contribution in [3.8, 4) is 0 Å². The van der Waals surface area contributed by atoms with Gasteiger partial charge in [0, 0.05) is 32.7 Å². The molecule has 6 nitrogen and oxygen atoms in total. The summed E-state index contributed by atoms with van der Waals surface area (Å²) in [6, 6.07) is 9.73. The van der Waals surface area contributed by atoms with Crippen molar-refractivity contribution in [2.24, 2.45) is 13.0 Å². The first-order valence-electron chi connectivity index (χ1n) is 8.64. The minimum Gasteiger partial charge on any atom is -0.369 e. The molecule has 2 aromatic rings. The highest BCUT2D eigenvalue weighted by atomic mass is 16.2. The first kappa shape index (κ1) is 17.2. The number of hydrogen-bond donors (Lipinski definition) is 1. The van der Waals surface area contributed by atoms with Crippen LogP contribution in [0.5, 0.6) is 0 Å². The molecule has 0 spiro atoms. The first-order chi connectivity index (χ1) is 12.0. The van der Waals surface area contributed by atoms with Crippen LogP contribution in [0.15, 0.2) is 41.3 Å². The minimum absolute atomic E-state index is 0.0670. The summed E-state index contributed by atoms with van der Waals surface area (Å²) in [7, 11) is 1.63. The molecule has 2 heterocycles. The monoisotopic (exact) mass is 340 g/mol. The number of benzene rings is 1. The zero-order chi connectivity index (χ0) is 17.8. The van der Waals surface area contributed by atoms with E-state index in [-0.39, 0.29) is 17.4 Å². The summed E-state index contributed by atoms with van der Waals surface area (Å²) in [5.41, 5.74) is 2.95. The minimum atomic E-state index is -0.136. The summed E-state index contributed by atoms with van der Waals surface area (Å²) >= 11 is 0. The largest absolute Gasteiger partial charge is 0.369 e. The lowest BCUT2D eigenvalue weighted by Crippen LogP contribution is -2.43. The van der Waals surface area contributed by atoms with Crippen LogP contribution in [0, 0.1) is 12.8 Å². The molecule has 1 aromatic carbocycles. The molecule has 0 bridgehead atoms. The predicted octanol–water partition coefficient (Wildman–Crippen LogP) is 1.62. The molecule has 132 valence electrons. The number of hydrogen-bond acceptors (Lipinski definition) is 4. The Hall–Kier alpha value is -2.63. The van der Waals surface area contributed by atoms with E-state index < -0.39 is 0 Å². The van der Waals surface area contributed by atoms with Gasteiger partial charge in [0.15, 0.2) is 0 Å². The first-order valence-corrected chi connectivity index (χ1v) is 8.64. The summed E-state index contributed by atoms with van der Waals surface area (Å²) < 4.78 is 1.31. The smallest absolute Gasteiger partial charge is 0.268 e. The van der Waals surface area contributed by atoms with Gasteiger partial charge in [-0.25, -0.2) is 4.68 Å². The Morgan fingerprint density at radius 1 is 1.36 bits per heavy atom. The number of piperidine rings is 1. The normalized spacial score (nSPS) is 17.4. The molecule has 1 amide bonds. The maximum atomic E-state index is 12.5. The topological polar surface area (TPSA) is 67.2 Å². The van der Waals surface area contributed by atoms with Crippen molar-refractivity contribution in [3.63, 3.8) is 0 Å². The van der Waals surface area contributed by atoms with Gasteiger partial charge in [-0.1, -0.05) is 29.8 Å². The van der Waals surface area contributed by atoms with Gasteiger partial charge < -0.3 is 10.2 Å². The predicted molar refractivity (Wildman–Crippen MR) is 97.4 cm³/mol. The Morgan fingerprint density at radius 3 is 2.96 bits per heavy atom. The van der Waals surface area contributed by atoms with Crippen LogP contribution in [0.4, 0.5) is 5.69 Å². The van der Waals surface area contributed by atoms with E-state index in [1.165, 1.54) is 10.2 Å². The molecular weight excluding hydrogens is 316 g/mol. The fraction of sp³-hybridized carbons (Fsp3) is 0.421. The molecular formula is C19H24N4O2. The van der Waals surface area contributed by atoms with E-state index in [4.69, 9.17) is 0 Å². The van der Waals surface area contributed by atoms with Gasteiger partial charge in [0.2, 0.25) is 5.91 Å². The molecule has 1 atom stereocenters. The van der Waals surface area contributed by atoms with Crippen molar-refractivity contribution in [3.05, 3.63) is 58.0 Å². The van der Waals surface area contributed by atoms with E-state index in [1.807, 2.05) is 25.1 Å². The number of carbonyl (C=O) groups excluding carboxylic acids is 1. The number of nitrogens with zero attached hydrogens (tertiary/aromatic N) is 3. The molecule has 1 fully saturated rings. The molecule has 1 aliphatic heterocycles. The quantitative estimate of drug-likeness (QED) is 0.918. The Balaban J connectivity index is 1.61. The van der Waals surface area contributed by atoms with Crippen LogP contribution in [-0.2, 0) is 18.4 Å². The van der Waals surface area contributed by atoms with Gasteiger partial charge in [0.05, 0.1) is 17.8 Å². The average molecular weight is 340 g/mol. The van der Waals surface area contributed by atoms with Crippen LogP contribution < -0.4 is 15.8 Å². The molecule has 1 saturated heterocycles.